The molecule has 1 saturated heterocycles. The zero-order chi connectivity index (χ0) is 26.5. The van der Waals surface area contributed by atoms with Crippen molar-refractivity contribution in [2.24, 2.45) is 7.05 Å². The predicted molar refractivity (Wildman–Crippen MR) is 149 cm³/mol. The van der Waals surface area contributed by atoms with Crippen molar-refractivity contribution in [1.82, 2.24) is 24.8 Å². The van der Waals surface area contributed by atoms with Gasteiger partial charge in [-0.25, -0.2) is 4.98 Å². The minimum atomic E-state index is -0.273. The van der Waals surface area contributed by atoms with Crippen LogP contribution in [0.25, 0.3) is 11.0 Å². The maximum Gasteiger partial charge on any atom is 0.270 e. The fourth-order valence-electron chi connectivity index (χ4n) is 4.40. The second-order valence-electron chi connectivity index (χ2n) is 9.07. The van der Waals surface area contributed by atoms with Crippen molar-refractivity contribution in [3.63, 3.8) is 0 Å². The molecule has 1 fully saturated rings. The minimum Gasteiger partial charge on any atom is -0.457 e. The zero-order valence-electron chi connectivity index (χ0n) is 21.4. The van der Waals surface area contributed by atoms with Gasteiger partial charge in [0.25, 0.3) is 5.91 Å². The molecule has 0 aliphatic carbocycles. The lowest BCUT2D eigenvalue weighted by atomic mass is 10.3. The number of hydrogen-bond acceptors (Lipinski definition) is 7. The number of pyridine rings is 1. The van der Waals surface area contributed by atoms with E-state index in [0.29, 0.717) is 37.4 Å². The fraction of sp³-hybridized carbons (Fsp3) is 0.286. The Labute approximate surface area is 225 Å². The van der Waals surface area contributed by atoms with Gasteiger partial charge in [0.1, 0.15) is 17.2 Å². The number of nitrogens with one attached hydrogen (secondary N) is 2. The van der Waals surface area contributed by atoms with Crippen LogP contribution in [0, 0.1) is 0 Å². The van der Waals surface area contributed by atoms with Gasteiger partial charge in [0, 0.05) is 62.0 Å². The predicted octanol–water partition coefficient (Wildman–Crippen LogP) is 4.97. The number of likely N-dealkylation sites (tertiary alicyclic amines) is 1. The zero-order valence-corrected chi connectivity index (χ0v) is 22.3. The Balaban J connectivity index is 1.21. The van der Waals surface area contributed by atoms with Crippen LogP contribution in [0.4, 0.5) is 11.6 Å². The number of ether oxygens (including phenoxy) is 1. The van der Waals surface area contributed by atoms with E-state index < -0.39 is 0 Å². The number of amides is 2. The molecule has 1 aliphatic rings. The quantitative estimate of drug-likeness (QED) is 0.221. The second-order valence-corrected chi connectivity index (χ2v) is 9.95. The summed E-state index contributed by atoms with van der Waals surface area (Å²) in [4.78, 5) is 36.3. The fourth-order valence-corrected chi connectivity index (χ4v) is 4.80. The number of aromatic nitrogens is 3. The molecule has 3 heterocycles. The summed E-state index contributed by atoms with van der Waals surface area (Å²) in [5.41, 5.74) is 2.99. The van der Waals surface area contributed by atoms with Gasteiger partial charge in [0.05, 0.1) is 11.0 Å². The number of carbonyl (C=O) groups excluding carboxylic acids is 2. The van der Waals surface area contributed by atoms with Gasteiger partial charge >= 0.3 is 0 Å². The Hall–Kier alpha value is -4.05. The molecule has 2 aromatic carbocycles. The number of aryl methyl sites for hydroxylation is 1. The number of thioether (sulfide) groups is 1. The number of carbonyl (C=O) groups is 2. The third-order valence-corrected chi connectivity index (χ3v) is 7.20. The van der Waals surface area contributed by atoms with Gasteiger partial charge in [0.15, 0.2) is 0 Å². The molecule has 9 nitrogen and oxygen atoms in total. The topological polar surface area (TPSA) is 101 Å². The molecular formula is C28H30N6O3S. The smallest absolute Gasteiger partial charge is 0.270 e. The maximum atomic E-state index is 12.6. The molecule has 2 N–H and O–H groups in total. The first-order chi connectivity index (χ1) is 18.5. The normalized spacial score (nSPS) is 13.2. The van der Waals surface area contributed by atoms with Crippen LogP contribution >= 0.6 is 11.8 Å². The van der Waals surface area contributed by atoms with E-state index in [4.69, 9.17) is 9.72 Å². The lowest BCUT2D eigenvalue weighted by Gasteiger charge is -2.15. The van der Waals surface area contributed by atoms with Gasteiger partial charge < -0.3 is 24.8 Å². The highest BCUT2D eigenvalue weighted by Gasteiger charge is 2.19. The van der Waals surface area contributed by atoms with Crippen LogP contribution < -0.4 is 15.4 Å². The van der Waals surface area contributed by atoms with Crippen molar-refractivity contribution in [1.29, 1.82) is 0 Å². The van der Waals surface area contributed by atoms with E-state index in [1.807, 2.05) is 46.8 Å². The minimum absolute atomic E-state index is 0.195. The van der Waals surface area contributed by atoms with Crippen molar-refractivity contribution in [2.45, 2.75) is 24.2 Å². The van der Waals surface area contributed by atoms with Crippen LogP contribution in [0.5, 0.6) is 11.5 Å². The van der Waals surface area contributed by atoms with E-state index in [-0.39, 0.29) is 17.5 Å². The Morgan fingerprint density at radius 1 is 1.11 bits per heavy atom. The monoisotopic (exact) mass is 530 g/mol. The molecule has 2 aromatic heterocycles. The lowest BCUT2D eigenvalue weighted by Crippen LogP contribution is -2.30. The Morgan fingerprint density at radius 2 is 1.92 bits per heavy atom. The van der Waals surface area contributed by atoms with Crippen LogP contribution in [-0.4, -0.2) is 57.1 Å². The standard InChI is InChI=1S/C28H30N6O3S/c1-33-25-11-8-20(17-23(25)32-28(33)31-19-6-9-22(38-2)10-7-19)37-21-12-14-29-24(18-21)27(36)30-13-4-16-34-15-3-5-26(34)35/h6-12,14,17-18H,3-5,13,15-16H2,1-2H3,(H,30,36)(H,31,32). The average molecular weight is 531 g/mol. The van der Waals surface area contributed by atoms with E-state index in [1.54, 1.807) is 30.1 Å². The van der Waals surface area contributed by atoms with Gasteiger partial charge in [-0.2, -0.15) is 0 Å². The van der Waals surface area contributed by atoms with Gasteiger partial charge in [0.2, 0.25) is 11.9 Å². The molecule has 0 bridgehead atoms. The van der Waals surface area contributed by atoms with E-state index in [2.05, 4.69) is 34.0 Å². The van der Waals surface area contributed by atoms with Crippen LogP contribution in [0.3, 0.4) is 0 Å². The molecular weight excluding hydrogens is 500 g/mol. The van der Waals surface area contributed by atoms with Crippen LogP contribution in [0.15, 0.2) is 65.7 Å². The molecule has 38 heavy (non-hydrogen) atoms. The number of imidazole rings is 1. The molecule has 0 unspecified atom stereocenters. The van der Waals surface area contributed by atoms with Gasteiger partial charge in [-0.05, 0) is 61.6 Å². The van der Waals surface area contributed by atoms with E-state index in [0.717, 1.165) is 35.6 Å². The van der Waals surface area contributed by atoms with E-state index in [1.165, 1.54) is 4.90 Å². The summed E-state index contributed by atoms with van der Waals surface area (Å²) < 4.78 is 8.04. The molecule has 10 heteroatoms. The Bertz CT molecular complexity index is 1450. The number of hydrogen-bond donors (Lipinski definition) is 2. The second kappa shape index (κ2) is 11.6. The van der Waals surface area contributed by atoms with Gasteiger partial charge in [-0.3, -0.25) is 14.6 Å². The van der Waals surface area contributed by atoms with E-state index >= 15 is 0 Å². The van der Waals surface area contributed by atoms with Crippen molar-refractivity contribution < 1.29 is 14.3 Å². The number of rotatable bonds is 10. The Kier molecular flexibility index (Phi) is 7.78. The summed E-state index contributed by atoms with van der Waals surface area (Å²) in [7, 11) is 1.96. The summed E-state index contributed by atoms with van der Waals surface area (Å²) in [6.07, 6.45) is 5.85. The highest BCUT2D eigenvalue weighted by atomic mass is 32.2. The Morgan fingerprint density at radius 3 is 2.68 bits per heavy atom. The van der Waals surface area contributed by atoms with E-state index in [9.17, 15) is 9.59 Å². The summed E-state index contributed by atoms with van der Waals surface area (Å²) in [5.74, 6) is 1.77. The highest BCUT2D eigenvalue weighted by Crippen LogP contribution is 2.28. The first-order valence-electron chi connectivity index (χ1n) is 12.6. The summed E-state index contributed by atoms with van der Waals surface area (Å²) in [6, 6.07) is 17.2. The SMILES string of the molecule is CSc1ccc(Nc2nc3cc(Oc4ccnc(C(=O)NCCCN5CCCC5=O)c4)ccc3n2C)cc1. The molecule has 0 atom stereocenters. The maximum absolute atomic E-state index is 12.6. The number of anilines is 2. The third-order valence-electron chi connectivity index (χ3n) is 6.46. The summed E-state index contributed by atoms with van der Waals surface area (Å²) in [5, 5.41) is 6.24. The van der Waals surface area contributed by atoms with Gasteiger partial charge in [-0.15, -0.1) is 11.8 Å². The largest absolute Gasteiger partial charge is 0.457 e. The number of benzene rings is 2. The van der Waals surface area contributed by atoms with Crippen LogP contribution in [0.2, 0.25) is 0 Å². The molecule has 2 amide bonds. The van der Waals surface area contributed by atoms with Gasteiger partial charge in [-0.1, -0.05) is 0 Å². The molecule has 5 rings (SSSR count). The van der Waals surface area contributed by atoms with Crippen molar-refractivity contribution in [3.8, 4) is 11.5 Å². The van der Waals surface area contributed by atoms with Crippen LogP contribution in [0.1, 0.15) is 29.8 Å². The summed E-state index contributed by atoms with van der Waals surface area (Å²) >= 11 is 1.70. The first-order valence-corrected chi connectivity index (χ1v) is 13.8. The first kappa shape index (κ1) is 25.6. The lowest BCUT2D eigenvalue weighted by molar-refractivity contribution is -0.127. The molecule has 0 saturated carbocycles. The molecule has 4 aromatic rings. The number of nitrogens with zero attached hydrogens (tertiary/aromatic N) is 4. The van der Waals surface area contributed by atoms with Crippen molar-refractivity contribution >= 4 is 46.2 Å². The summed E-state index contributed by atoms with van der Waals surface area (Å²) in [6.45, 7) is 1.94. The van der Waals surface area contributed by atoms with Crippen molar-refractivity contribution in [2.75, 3.05) is 31.2 Å². The third kappa shape index (κ3) is 5.91. The number of fused-ring (bicyclic) bond motifs is 1. The van der Waals surface area contributed by atoms with Crippen LogP contribution in [-0.2, 0) is 11.8 Å². The molecule has 0 radical (unpaired) electrons. The highest BCUT2D eigenvalue weighted by molar-refractivity contribution is 7.98. The average Bonchev–Trinajstić information content (AvgIpc) is 3.48. The van der Waals surface area contributed by atoms with Crippen molar-refractivity contribution in [3.05, 3.63) is 66.5 Å². The molecule has 0 spiro atoms. The molecule has 196 valence electrons. The molecule has 1 aliphatic heterocycles.